The van der Waals surface area contributed by atoms with E-state index in [4.69, 9.17) is 9.72 Å². The van der Waals surface area contributed by atoms with Gasteiger partial charge in [-0.2, -0.15) is 12.1 Å². The molecule has 0 saturated carbocycles. The molecule has 1 aliphatic heterocycles. The molecule has 0 fully saturated rings. The van der Waals surface area contributed by atoms with E-state index in [0.29, 0.717) is 11.5 Å². The smallest absolute Gasteiger partial charge is 0.135 e. The van der Waals surface area contributed by atoms with Crippen LogP contribution in [0.25, 0.3) is 27.6 Å². The van der Waals surface area contributed by atoms with Gasteiger partial charge in [-0.1, -0.05) is 174 Å². The molecule has 0 N–H and O–H groups in total. The first-order valence-corrected chi connectivity index (χ1v) is 23.7. The monoisotopic (exact) mass is 1080 g/mol. The van der Waals surface area contributed by atoms with Gasteiger partial charge in [0.15, 0.2) is 0 Å². The molecule has 2 aromatic heterocycles. The van der Waals surface area contributed by atoms with Crippen LogP contribution in [0.3, 0.4) is 0 Å². The van der Waals surface area contributed by atoms with Gasteiger partial charge in [-0.05, 0) is 86.1 Å². The number of nitrogens with zero attached hydrogens (tertiary/aromatic N) is 4. The Morgan fingerprint density at radius 2 is 1.09 bits per heavy atom. The van der Waals surface area contributed by atoms with Crippen LogP contribution in [0, 0.1) is 24.2 Å². The van der Waals surface area contributed by atoms with Crippen molar-refractivity contribution >= 4 is 33.2 Å². The molecule has 68 heavy (non-hydrogen) atoms. The van der Waals surface area contributed by atoms with Crippen LogP contribution in [0.4, 0.5) is 11.4 Å². The summed E-state index contributed by atoms with van der Waals surface area (Å²) in [6, 6.07) is 57.6. The van der Waals surface area contributed by atoms with Gasteiger partial charge < -0.3 is 19.1 Å². The molecule has 0 aliphatic carbocycles. The summed E-state index contributed by atoms with van der Waals surface area (Å²) in [6.45, 7) is 31.8. The first kappa shape index (κ1) is 48.6. The van der Waals surface area contributed by atoms with Gasteiger partial charge in [0.2, 0.25) is 0 Å². The maximum atomic E-state index is 6.73. The van der Waals surface area contributed by atoms with Crippen molar-refractivity contribution in [2.45, 2.75) is 112 Å². The predicted octanol–water partition coefficient (Wildman–Crippen LogP) is 16.1. The summed E-state index contributed by atoms with van der Waals surface area (Å²) in [4.78, 5) is 9.47. The third-order valence-corrected chi connectivity index (χ3v) is 13.8. The SMILES string of the molecule is CC(C)(C)C1=CN(c2cc(C(C)(C)c3ccccc3)cc(C(C)(C)c3ccccc3)c2)[CH-]N1c1[c-]c(Oc2[c-]c3c(cc2)c2cc(C(C)(C)C)ccc2n3-c2cc(C(C)(C)C)ccn2)ccc1.[Pt]. The summed E-state index contributed by atoms with van der Waals surface area (Å²) >= 11 is 0. The first-order valence-electron chi connectivity index (χ1n) is 23.7. The molecule has 0 bridgehead atoms. The van der Waals surface area contributed by atoms with Gasteiger partial charge in [0, 0.05) is 71.9 Å². The van der Waals surface area contributed by atoms with Crippen molar-refractivity contribution in [3.05, 3.63) is 210 Å². The normalized spacial score (nSPS) is 13.8. The number of pyridine rings is 1. The molecule has 0 radical (unpaired) electrons. The average molecular weight is 1080 g/mol. The number of hydrogen-bond donors (Lipinski definition) is 0. The Balaban J connectivity index is 0.00000625. The van der Waals surface area contributed by atoms with E-state index in [-0.39, 0.29) is 48.1 Å². The standard InChI is InChI=1S/C62H65N4O.Pt/c1-58(2,3)44-27-30-54-53(36-44)52-29-28-51(39-55(52)66(54)57-37-45(31-32-63-57)59(4,5)6)67-50-26-20-25-48(38-50)65-41-64(40-56(65)60(7,8)9)49-34-46(61(10,11)42-21-16-14-17-22-42)33-47(35-49)62(12,13)43-23-18-15-19-24-43;/h14-37,40-41H,1-13H3;/q-3;. The zero-order chi connectivity index (χ0) is 47.7. The van der Waals surface area contributed by atoms with Gasteiger partial charge in [0.1, 0.15) is 5.82 Å². The van der Waals surface area contributed by atoms with Gasteiger partial charge in [0.25, 0.3) is 0 Å². The van der Waals surface area contributed by atoms with Crippen LogP contribution < -0.4 is 14.5 Å². The third-order valence-electron chi connectivity index (χ3n) is 13.8. The van der Waals surface area contributed by atoms with E-state index in [1.807, 2.05) is 24.4 Å². The molecule has 9 rings (SSSR count). The summed E-state index contributed by atoms with van der Waals surface area (Å²) in [5.74, 6) is 2.08. The number of rotatable bonds is 9. The molecule has 0 unspecified atom stereocenters. The number of anilines is 2. The van der Waals surface area contributed by atoms with Gasteiger partial charge in [-0.15, -0.1) is 48.1 Å². The van der Waals surface area contributed by atoms with Gasteiger partial charge in [0.05, 0.1) is 0 Å². The summed E-state index contributed by atoms with van der Waals surface area (Å²) in [6.07, 6.45) is 4.20. The number of fused-ring (bicyclic) bond motifs is 3. The summed E-state index contributed by atoms with van der Waals surface area (Å²) in [5, 5.41) is 2.27. The second-order valence-corrected chi connectivity index (χ2v) is 22.5. The van der Waals surface area contributed by atoms with Crippen LogP contribution in [0.1, 0.15) is 123 Å². The summed E-state index contributed by atoms with van der Waals surface area (Å²) in [5.41, 5.74) is 12.0. The number of allylic oxidation sites excluding steroid dienone is 1. The Bertz CT molecular complexity index is 3070. The molecule has 0 amide bonds. The molecule has 6 heteroatoms. The fourth-order valence-corrected chi connectivity index (χ4v) is 9.28. The Morgan fingerprint density at radius 1 is 0.500 bits per heavy atom. The van der Waals surface area contributed by atoms with E-state index >= 15 is 0 Å². The van der Waals surface area contributed by atoms with Crippen molar-refractivity contribution < 1.29 is 25.8 Å². The largest absolute Gasteiger partial charge is 0.509 e. The minimum atomic E-state index is -0.245. The molecule has 0 atom stereocenters. The van der Waals surface area contributed by atoms with Crippen molar-refractivity contribution in [3.63, 3.8) is 0 Å². The van der Waals surface area contributed by atoms with E-state index in [9.17, 15) is 0 Å². The zero-order valence-corrected chi connectivity index (χ0v) is 44.3. The fourth-order valence-electron chi connectivity index (χ4n) is 9.28. The quantitative estimate of drug-likeness (QED) is 0.135. The molecule has 0 spiro atoms. The number of benzene rings is 6. The minimum Gasteiger partial charge on any atom is -0.509 e. The molecular formula is C62H65N4OPt-3. The maximum Gasteiger partial charge on any atom is 0.135 e. The van der Waals surface area contributed by atoms with Crippen molar-refractivity contribution in [1.29, 1.82) is 0 Å². The van der Waals surface area contributed by atoms with E-state index < -0.39 is 0 Å². The number of hydrogen-bond acceptors (Lipinski definition) is 4. The first-order chi connectivity index (χ1) is 31.6. The van der Waals surface area contributed by atoms with Gasteiger partial charge in [-0.25, -0.2) is 4.98 Å². The Kier molecular flexibility index (Phi) is 12.8. The minimum absolute atomic E-state index is 0. The molecule has 8 aromatic rings. The van der Waals surface area contributed by atoms with Crippen LogP contribution in [0.15, 0.2) is 158 Å². The second-order valence-electron chi connectivity index (χ2n) is 22.5. The number of ether oxygens (including phenoxy) is 1. The Labute approximate surface area is 420 Å². The topological polar surface area (TPSA) is 33.5 Å². The maximum absolute atomic E-state index is 6.73. The van der Waals surface area contributed by atoms with Crippen molar-refractivity contribution in [1.82, 2.24) is 9.55 Å². The van der Waals surface area contributed by atoms with Crippen LogP contribution in [-0.4, -0.2) is 9.55 Å². The number of aromatic nitrogens is 2. The van der Waals surface area contributed by atoms with E-state index in [2.05, 4.69) is 251 Å². The van der Waals surface area contributed by atoms with Crippen molar-refractivity contribution in [2.75, 3.05) is 9.80 Å². The van der Waals surface area contributed by atoms with Crippen LogP contribution in [0.5, 0.6) is 11.5 Å². The van der Waals surface area contributed by atoms with Crippen LogP contribution in [0.2, 0.25) is 0 Å². The third kappa shape index (κ3) is 9.32. The molecule has 0 saturated heterocycles. The molecular weight excluding hydrogens is 1010 g/mol. The van der Waals surface area contributed by atoms with Crippen molar-refractivity contribution in [2.24, 2.45) is 5.41 Å². The fraction of sp³-hybridized carbons (Fsp3) is 0.290. The Morgan fingerprint density at radius 3 is 1.68 bits per heavy atom. The van der Waals surface area contributed by atoms with Gasteiger partial charge in [-0.3, -0.25) is 0 Å². The van der Waals surface area contributed by atoms with E-state index in [0.717, 1.165) is 39.3 Å². The molecule has 1 aliphatic rings. The van der Waals surface area contributed by atoms with Crippen LogP contribution >= 0.6 is 0 Å². The van der Waals surface area contributed by atoms with E-state index in [1.165, 1.54) is 38.8 Å². The van der Waals surface area contributed by atoms with E-state index in [1.54, 1.807) is 0 Å². The van der Waals surface area contributed by atoms with Crippen LogP contribution in [-0.2, 0) is 42.7 Å². The second kappa shape index (κ2) is 17.9. The van der Waals surface area contributed by atoms with Crippen molar-refractivity contribution in [3.8, 4) is 17.3 Å². The average Bonchev–Trinajstić information content (AvgIpc) is 3.90. The Hall–Kier alpha value is -5.90. The predicted molar refractivity (Wildman–Crippen MR) is 281 cm³/mol. The zero-order valence-electron chi connectivity index (χ0n) is 42.0. The molecule has 3 heterocycles. The molecule has 352 valence electrons. The summed E-state index contributed by atoms with van der Waals surface area (Å²) < 4.78 is 8.97. The molecule has 5 nitrogen and oxygen atoms in total. The summed E-state index contributed by atoms with van der Waals surface area (Å²) in [7, 11) is 0. The molecule has 6 aromatic carbocycles. The van der Waals surface area contributed by atoms with Gasteiger partial charge >= 0.3 is 0 Å².